The van der Waals surface area contributed by atoms with E-state index in [1.165, 1.54) is 31.2 Å². The largest absolute Gasteiger partial charge is 0.352 e. The third-order valence-corrected chi connectivity index (χ3v) is 6.29. The molecule has 9 heteroatoms. The van der Waals surface area contributed by atoms with E-state index in [1.54, 1.807) is 0 Å². The highest BCUT2D eigenvalue weighted by Crippen LogP contribution is 2.31. The van der Waals surface area contributed by atoms with E-state index < -0.39 is 22.4 Å². The molecule has 0 bridgehead atoms. The van der Waals surface area contributed by atoms with Crippen molar-refractivity contribution in [2.75, 3.05) is 6.54 Å². The van der Waals surface area contributed by atoms with Gasteiger partial charge in [-0.25, -0.2) is 4.79 Å². The molecule has 2 N–H and O–H groups in total. The first-order chi connectivity index (χ1) is 13.6. The fourth-order valence-electron chi connectivity index (χ4n) is 4.13. The van der Waals surface area contributed by atoms with Gasteiger partial charge in [0.2, 0.25) is 5.91 Å². The van der Waals surface area contributed by atoms with Crippen LogP contribution in [0.15, 0.2) is 24.3 Å². The molecule has 1 aromatic carbocycles. The van der Waals surface area contributed by atoms with Crippen LogP contribution in [0.1, 0.15) is 45.6 Å². The Morgan fingerprint density at radius 3 is 2.55 bits per heavy atom. The maximum Gasteiger partial charge on any atom is 0.325 e. The molecule has 1 aliphatic heterocycles. The number of benzene rings is 1. The van der Waals surface area contributed by atoms with Gasteiger partial charge in [-0.1, -0.05) is 26.7 Å². The number of non-ortho nitro benzene ring substituents is 1. The van der Waals surface area contributed by atoms with Crippen molar-refractivity contribution < 1.29 is 19.3 Å². The minimum atomic E-state index is -1.38. The molecular weight excluding hydrogens is 376 g/mol. The maximum absolute atomic E-state index is 12.9. The number of nitrogens with zero attached hydrogens (tertiary/aromatic N) is 2. The molecule has 1 aromatic rings. The number of nitro benzene ring substituents is 1. The van der Waals surface area contributed by atoms with Gasteiger partial charge < -0.3 is 10.6 Å². The Labute approximate surface area is 169 Å². The first-order valence-electron chi connectivity index (χ1n) is 9.82. The Morgan fingerprint density at radius 1 is 1.28 bits per heavy atom. The number of nitro groups is 1. The van der Waals surface area contributed by atoms with Crippen LogP contribution in [0.2, 0.25) is 0 Å². The van der Waals surface area contributed by atoms with Crippen LogP contribution < -0.4 is 10.6 Å². The fraction of sp³-hybridized carbons (Fsp3) is 0.550. The number of urea groups is 1. The van der Waals surface area contributed by atoms with Gasteiger partial charge in [0.15, 0.2) is 0 Å². The predicted octanol–water partition coefficient (Wildman–Crippen LogP) is 2.30. The quantitative estimate of drug-likeness (QED) is 0.445. The number of amides is 4. The van der Waals surface area contributed by atoms with Crippen LogP contribution in [0.5, 0.6) is 0 Å². The van der Waals surface area contributed by atoms with Crippen LogP contribution in [-0.2, 0) is 15.1 Å². The van der Waals surface area contributed by atoms with Gasteiger partial charge in [0.1, 0.15) is 12.1 Å². The van der Waals surface area contributed by atoms with E-state index in [4.69, 9.17) is 0 Å². The lowest BCUT2D eigenvalue weighted by Gasteiger charge is -2.34. The lowest BCUT2D eigenvalue weighted by atomic mass is 9.78. The molecule has 0 aromatic heterocycles. The van der Waals surface area contributed by atoms with Crippen molar-refractivity contribution in [1.82, 2.24) is 15.5 Å². The van der Waals surface area contributed by atoms with E-state index >= 15 is 0 Å². The molecule has 3 rings (SSSR count). The molecule has 0 spiro atoms. The van der Waals surface area contributed by atoms with E-state index in [-0.39, 0.29) is 24.2 Å². The second kappa shape index (κ2) is 7.81. The summed E-state index contributed by atoms with van der Waals surface area (Å²) in [5.41, 5.74) is -1.07. The molecule has 1 saturated carbocycles. The summed E-state index contributed by atoms with van der Waals surface area (Å²) in [6.07, 6.45) is 3.06. The highest BCUT2D eigenvalue weighted by molar-refractivity contribution is 6.09. The van der Waals surface area contributed by atoms with Gasteiger partial charge in [-0.2, -0.15) is 0 Å². The van der Waals surface area contributed by atoms with Crippen molar-refractivity contribution in [2.24, 2.45) is 11.8 Å². The van der Waals surface area contributed by atoms with Gasteiger partial charge in [-0.15, -0.1) is 0 Å². The summed E-state index contributed by atoms with van der Waals surface area (Å²) in [5.74, 6) is -0.0821. The lowest BCUT2D eigenvalue weighted by Crippen LogP contribution is -2.48. The van der Waals surface area contributed by atoms with E-state index in [0.29, 0.717) is 17.4 Å². The summed E-state index contributed by atoms with van der Waals surface area (Å²) < 4.78 is 0. The molecule has 156 valence electrons. The topological polar surface area (TPSA) is 122 Å². The smallest absolute Gasteiger partial charge is 0.325 e. The number of hydrogen-bond acceptors (Lipinski definition) is 5. The monoisotopic (exact) mass is 402 g/mol. The second-order valence-corrected chi connectivity index (χ2v) is 8.19. The van der Waals surface area contributed by atoms with Gasteiger partial charge in [0.25, 0.3) is 11.6 Å². The molecule has 1 saturated heterocycles. The summed E-state index contributed by atoms with van der Waals surface area (Å²) in [5, 5.41) is 16.4. The minimum Gasteiger partial charge on any atom is -0.352 e. The summed E-state index contributed by atoms with van der Waals surface area (Å²) in [7, 11) is 0. The zero-order valence-corrected chi connectivity index (χ0v) is 16.8. The predicted molar refractivity (Wildman–Crippen MR) is 105 cm³/mol. The molecule has 4 atom stereocenters. The Bertz CT molecular complexity index is 840. The number of rotatable bonds is 5. The van der Waals surface area contributed by atoms with Gasteiger partial charge >= 0.3 is 6.03 Å². The number of carbonyl (C=O) groups excluding carboxylic acids is 3. The molecule has 1 aliphatic carbocycles. The van der Waals surface area contributed by atoms with Gasteiger partial charge in [0, 0.05) is 18.2 Å². The number of imide groups is 1. The summed E-state index contributed by atoms with van der Waals surface area (Å²) >= 11 is 0. The van der Waals surface area contributed by atoms with E-state index in [9.17, 15) is 24.5 Å². The van der Waals surface area contributed by atoms with Crippen LogP contribution in [0.4, 0.5) is 10.5 Å². The van der Waals surface area contributed by atoms with Crippen molar-refractivity contribution >= 4 is 23.5 Å². The Hall–Kier alpha value is -2.97. The molecule has 1 heterocycles. The third kappa shape index (κ3) is 3.94. The molecule has 29 heavy (non-hydrogen) atoms. The molecule has 9 nitrogen and oxygen atoms in total. The molecule has 2 fully saturated rings. The van der Waals surface area contributed by atoms with Crippen LogP contribution >= 0.6 is 0 Å². The zero-order chi connectivity index (χ0) is 21.3. The first kappa shape index (κ1) is 20.8. The van der Waals surface area contributed by atoms with Crippen LogP contribution in [0.3, 0.4) is 0 Å². The van der Waals surface area contributed by atoms with Crippen molar-refractivity contribution in [3.63, 3.8) is 0 Å². The molecule has 0 radical (unpaired) electrons. The summed E-state index contributed by atoms with van der Waals surface area (Å²) in [4.78, 5) is 49.0. The second-order valence-electron chi connectivity index (χ2n) is 8.19. The van der Waals surface area contributed by atoms with Crippen LogP contribution in [0, 0.1) is 22.0 Å². The van der Waals surface area contributed by atoms with Crippen LogP contribution in [0.25, 0.3) is 0 Å². The lowest BCUT2D eigenvalue weighted by molar-refractivity contribution is -0.384. The van der Waals surface area contributed by atoms with Gasteiger partial charge in [-0.3, -0.25) is 24.6 Å². The van der Waals surface area contributed by atoms with Gasteiger partial charge in [-0.05, 0) is 42.9 Å². The van der Waals surface area contributed by atoms with E-state index in [1.807, 2.05) is 0 Å². The maximum atomic E-state index is 12.9. The number of hydrogen-bond donors (Lipinski definition) is 2. The SMILES string of the molecule is C[C@H]1[C@@H](NC(=O)CN2C(=O)N[C@](C)(c3ccc([N+](=O)[O-])cc3)C2=O)CCC[C@@H]1C. The van der Waals surface area contributed by atoms with Crippen molar-refractivity contribution in [3.8, 4) is 0 Å². The molecule has 2 aliphatic rings. The highest BCUT2D eigenvalue weighted by Gasteiger charge is 2.49. The van der Waals surface area contributed by atoms with Crippen molar-refractivity contribution in [2.45, 2.75) is 51.6 Å². The van der Waals surface area contributed by atoms with E-state index in [0.717, 1.165) is 24.2 Å². The summed E-state index contributed by atoms with van der Waals surface area (Å²) in [6.45, 7) is 5.44. The standard InChI is InChI=1S/C20H26N4O5/c1-12-5-4-6-16(13(12)2)21-17(25)11-23-18(26)20(3,22-19(23)27)14-7-9-15(10-8-14)24(28)29/h7-10,12-13,16H,4-6,11H2,1-3H3,(H,21,25)(H,22,27)/t12-,13+,16-,20+/m0/s1. The minimum absolute atomic E-state index is 0.0353. The van der Waals surface area contributed by atoms with E-state index in [2.05, 4.69) is 24.5 Å². The van der Waals surface area contributed by atoms with Crippen molar-refractivity contribution in [1.29, 1.82) is 0 Å². The van der Waals surface area contributed by atoms with Gasteiger partial charge in [0.05, 0.1) is 4.92 Å². The number of nitrogens with one attached hydrogen (secondary N) is 2. The molecule has 4 amide bonds. The Balaban J connectivity index is 1.69. The fourth-order valence-corrected chi connectivity index (χ4v) is 4.13. The average Bonchev–Trinajstić information content (AvgIpc) is 2.89. The van der Waals surface area contributed by atoms with Crippen LogP contribution in [-0.4, -0.2) is 40.3 Å². The Morgan fingerprint density at radius 2 is 1.93 bits per heavy atom. The normalized spacial score (nSPS) is 29.5. The molecule has 0 unspecified atom stereocenters. The third-order valence-electron chi connectivity index (χ3n) is 6.29. The molecular formula is C20H26N4O5. The highest BCUT2D eigenvalue weighted by atomic mass is 16.6. The van der Waals surface area contributed by atoms with Crippen molar-refractivity contribution in [3.05, 3.63) is 39.9 Å². The first-order valence-corrected chi connectivity index (χ1v) is 9.82. The zero-order valence-electron chi connectivity index (χ0n) is 16.8. The summed E-state index contributed by atoms with van der Waals surface area (Å²) in [6, 6.07) is 4.81. The average molecular weight is 402 g/mol. The number of carbonyl (C=O) groups is 3. The Kier molecular flexibility index (Phi) is 5.59.